The third-order valence-electron chi connectivity index (χ3n) is 3.48. The van der Waals surface area contributed by atoms with Crippen LogP contribution in [0.5, 0.6) is 0 Å². The van der Waals surface area contributed by atoms with Gasteiger partial charge in [0.15, 0.2) is 0 Å². The second kappa shape index (κ2) is 3.75. The Morgan fingerprint density at radius 3 is 2.75 bits per heavy atom. The predicted molar refractivity (Wildman–Crippen MR) is 48.9 cm³/mol. The molecule has 2 fully saturated rings. The molecule has 70 valence electrons. The van der Waals surface area contributed by atoms with Gasteiger partial charge in [-0.1, -0.05) is 6.42 Å². The maximum absolute atomic E-state index is 8.63. The van der Waals surface area contributed by atoms with E-state index in [4.69, 9.17) is 5.11 Å². The molecule has 2 nitrogen and oxygen atoms in total. The molecule has 12 heavy (non-hydrogen) atoms. The van der Waals surface area contributed by atoms with E-state index in [-0.39, 0.29) is 0 Å². The molecule has 0 amide bonds. The van der Waals surface area contributed by atoms with Crippen molar-refractivity contribution in [1.29, 1.82) is 0 Å². The topological polar surface area (TPSA) is 32.3 Å². The number of hydrogen-bond donors (Lipinski definition) is 2. The van der Waals surface area contributed by atoms with Crippen molar-refractivity contribution in [2.45, 2.75) is 38.1 Å². The van der Waals surface area contributed by atoms with E-state index in [9.17, 15) is 0 Å². The lowest BCUT2D eigenvalue weighted by molar-refractivity contribution is 0.274. The van der Waals surface area contributed by atoms with Crippen molar-refractivity contribution < 1.29 is 5.11 Å². The molecule has 0 saturated heterocycles. The molecule has 2 rings (SSSR count). The van der Waals surface area contributed by atoms with Crippen molar-refractivity contribution in [2.24, 2.45) is 11.8 Å². The normalized spacial score (nSPS) is 39.2. The highest BCUT2D eigenvalue weighted by atomic mass is 16.3. The highest BCUT2D eigenvalue weighted by Crippen LogP contribution is 2.44. The third-order valence-corrected chi connectivity index (χ3v) is 3.48. The van der Waals surface area contributed by atoms with Gasteiger partial charge in [0.1, 0.15) is 0 Å². The van der Waals surface area contributed by atoms with Gasteiger partial charge in [0, 0.05) is 12.6 Å². The van der Waals surface area contributed by atoms with Crippen LogP contribution in [0, 0.1) is 11.8 Å². The number of fused-ring (bicyclic) bond motifs is 2. The highest BCUT2D eigenvalue weighted by molar-refractivity contribution is 4.93. The van der Waals surface area contributed by atoms with Crippen LogP contribution in [0.25, 0.3) is 0 Å². The average molecular weight is 169 g/mol. The van der Waals surface area contributed by atoms with Crippen LogP contribution in [-0.2, 0) is 0 Å². The molecular weight excluding hydrogens is 150 g/mol. The summed E-state index contributed by atoms with van der Waals surface area (Å²) in [5.74, 6) is 2.00. The zero-order valence-electron chi connectivity index (χ0n) is 7.63. The second-order valence-corrected chi connectivity index (χ2v) is 4.31. The number of aliphatic hydroxyl groups is 1. The first kappa shape index (κ1) is 8.52. The second-order valence-electron chi connectivity index (χ2n) is 4.31. The molecule has 2 aliphatic rings. The molecule has 2 saturated carbocycles. The van der Waals surface area contributed by atoms with E-state index in [1.807, 2.05) is 0 Å². The maximum Gasteiger partial charge on any atom is 0.0443 e. The Hall–Kier alpha value is -0.0800. The minimum atomic E-state index is 0.327. The van der Waals surface area contributed by atoms with E-state index in [1.165, 1.54) is 25.7 Å². The monoisotopic (exact) mass is 169 g/mol. The Balaban J connectivity index is 1.69. The summed E-state index contributed by atoms with van der Waals surface area (Å²) in [5, 5.41) is 12.2. The first-order valence-electron chi connectivity index (χ1n) is 5.24. The lowest BCUT2D eigenvalue weighted by atomic mass is 9.95. The Kier molecular flexibility index (Phi) is 2.66. The highest BCUT2D eigenvalue weighted by Gasteiger charge is 2.38. The van der Waals surface area contributed by atoms with Crippen molar-refractivity contribution >= 4 is 0 Å². The lowest BCUT2D eigenvalue weighted by Crippen LogP contribution is -2.34. The van der Waals surface area contributed by atoms with Gasteiger partial charge < -0.3 is 10.4 Å². The molecule has 3 unspecified atom stereocenters. The van der Waals surface area contributed by atoms with Crippen LogP contribution in [0.4, 0.5) is 0 Å². The number of nitrogens with one attached hydrogen (secondary N) is 1. The summed E-state index contributed by atoms with van der Waals surface area (Å²) >= 11 is 0. The molecule has 0 aromatic rings. The number of rotatable bonds is 4. The zero-order valence-corrected chi connectivity index (χ0v) is 7.63. The van der Waals surface area contributed by atoms with Crippen molar-refractivity contribution in [3.05, 3.63) is 0 Å². The third kappa shape index (κ3) is 1.64. The standard InChI is InChI=1S/C10H19NO/c12-5-1-4-11-10-7-8-2-3-9(10)6-8/h8-12H,1-7H2. The fourth-order valence-electron chi connectivity index (χ4n) is 2.86. The first-order chi connectivity index (χ1) is 5.90. The van der Waals surface area contributed by atoms with Gasteiger partial charge in [-0.05, 0) is 44.1 Å². The van der Waals surface area contributed by atoms with Gasteiger partial charge in [-0.3, -0.25) is 0 Å². The Bertz CT molecular complexity index is 149. The molecule has 0 aromatic heterocycles. The van der Waals surface area contributed by atoms with Gasteiger partial charge in [0.2, 0.25) is 0 Å². The van der Waals surface area contributed by atoms with Crippen molar-refractivity contribution in [2.75, 3.05) is 13.2 Å². The summed E-state index contributed by atoms with van der Waals surface area (Å²) in [5.41, 5.74) is 0. The van der Waals surface area contributed by atoms with Crippen molar-refractivity contribution in [1.82, 2.24) is 5.32 Å². The molecule has 2 heteroatoms. The summed E-state index contributed by atoms with van der Waals surface area (Å²) in [4.78, 5) is 0. The molecule has 0 aliphatic heterocycles. The number of aliphatic hydroxyl groups excluding tert-OH is 1. The average Bonchev–Trinajstić information content (AvgIpc) is 2.65. The fourth-order valence-corrected chi connectivity index (χ4v) is 2.86. The van der Waals surface area contributed by atoms with Crippen LogP contribution in [-0.4, -0.2) is 24.3 Å². The minimum absolute atomic E-state index is 0.327. The van der Waals surface area contributed by atoms with Crippen molar-refractivity contribution in [3.63, 3.8) is 0 Å². The van der Waals surface area contributed by atoms with Gasteiger partial charge in [-0.15, -0.1) is 0 Å². The first-order valence-corrected chi connectivity index (χ1v) is 5.24. The predicted octanol–water partition coefficient (Wildman–Crippen LogP) is 1.15. The van der Waals surface area contributed by atoms with E-state index in [1.54, 1.807) is 0 Å². The fraction of sp³-hybridized carbons (Fsp3) is 1.00. The van der Waals surface area contributed by atoms with Crippen LogP contribution in [0.3, 0.4) is 0 Å². The van der Waals surface area contributed by atoms with Crippen LogP contribution in [0.2, 0.25) is 0 Å². The van der Waals surface area contributed by atoms with Gasteiger partial charge in [-0.25, -0.2) is 0 Å². The summed E-state index contributed by atoms with van der Waals surface area (Å²) in [7, 11) is 0. The Labute approximate surface area is 74.4 Å². The van der Waals surface area contributed by atoms with Gasteiger partial charge in [-0.2, -0.15) is 0 Å². The minimum Gasteiger partial charge on any atom is -0.396 e. The molecule has 2 N–H and O–H groups in total. The van der Waals surface area contributed by atoms with Gasteiger partial charge in [0.25, 0.3) is 0 Å². The van der Waals surface area contributed by atoms with Gasteiger partial charge >= 0.3 is 0 Å². The Morgan fingerprint density at radius 2 is 2.17 bits per heavy atom. The molecule has 3 atom stereocenters. The zero-order chi connectivity index (χ0) is 8.39. The van der Waals surface area contributed by atoms with E-state index in [0.29, 0.717) is 6.61 Å². The molecule has 0 radical (unpaired) electrons. The summed E-state index contributed by atoms with van der Waals surface area (Å²) < 4.78 is 0. The maximum atomic E-state index is 8.63. The molecule has 2 aliphatic carbocycles. The molecule has 0 heterocycles. The SMILES string of the molecule is OCCCNC1CC2CCC1C2. The molecular formula is C10H19NO. The smallest absolute Gasteiger partial charge is 0.0443 e. The van der Waals surface area contributed by atoms with E-state index in [0.717, 1.165) is 30.8 Å². The molecule has 2 bridgehead atoms. The van der Waals surface area contributed by atoms with E-state index >= 15 is 0 Å². The molecule has 0 spiro atoms. The largest absolute Gasteiger partial charge is 0.396 e. The summed E-state index contributed by atoms with van der Waals surface area (Å²) in [6.07, 6.45) is 6.70. The van der Waals surface area contributed by atoms with E-state index in [2.05, 4.69) is 5.32 Å². The Morgan fingerprint density at radius 1 is 1.25 bits per heavy atom. The summed E-state index contributed by atoms with van der Waals surface area (Å²) in [6.45, 7) is 1.33. The molecule has 0 aromatic carbocycles. The van der Waals surface area contributed by atoms with Crippen LogP contribution in [0.1, 0.15) is 32.1 Å². The van der Waals surface area contributed by atoms with Gasteiger partial charge in [0.05, 0.1) is 0 Å². The van der Waals surface area contributed by atoms with Crippen LogP contribution >= 0.6 is 0 Å². The van der Waals surface area contributed by atoms with E-state index < -0.39 is 0 Å². The summed E-state index contributed by atoms with van der Waals surface area (Å²) in [6, 6.07) is 0.787. The van der Waals surface area contributed by atoms with Crippen LogP contribution < -0.4 is 5.32 Å². The van der Waals surface area contributed by atoms with Crippen LogP contribution in [0.15, 0.2) is 0 Å². The lowest BCUT2D eigenvalue weighted by Gasteiger charge is -2.22. The number of hydrogen-bond acceptors (Lipinski definition) is 2. The quantitative estimate of drug-likeness (QED) is 0.619. The van der Waals surface area contributed by atoms with Crippen molar-refractivity contribution in [3.8, 4) is 0 Å².